The van der Waals surface area contributed by atoms with Gasteiger partial charge in [0, 0.05) is 24.4 Å². The fraction of sp³-hybridized carbons (Fsp3) is 0.385. The highest BCUT2D eigenvalue weighted by atomic mass is 19.3. The number of rotatable bonds is 5. The molecular formula is C13H12F2N2O3. The van der Waals surface area contributed by atoms with Gasteiger partial charge in [-0.1, -0.05) is 0 Å². The van der Waals surface area contributed by atoms with Gasteiger partial charge in [0.25, 0.3) is 6.43 Å². The molecule has 0 amide bonds. The van der Waals surface area contributed by atoms with Crippen LogP contribution in [-0.2, 0) is 0 Å². The number of halogens is 2. The highest BCUT2D eigenvalue weighted by Gasteiger charge is 2.27. The molecule has 0 bridgehead atoms. The predicted octanol–water partition coefficient (Wildman–Crippen LogP) is 2.55. The molecular weight excluding hydrogens is 270 g/mol. The summed E-state index contributed by atoms with van der Waals surface area (Å²) >= 11 is 0. The van der Waals surface area contributed by atoms with Gasteiger partial charge in [-0.05, 0) is 12.8 Å². The molecule has 0 aliphatic heterocycles. The highest BCUT2D eigenvalue weighted by molar-refractivity contribution is 5.88. The molecule has 2 aromatic rings. The molecule has 0 saturated heterocycles. The number of nitrogens with zero attached hydrogens (tertiary/aromatic N) is 2. The van der Waals surface area contributed by atoms with Crippen LogP contribution in [0.15, 0.2) is 18.5 Å². The van der Waals surface area contributed by atoms with Crippen LogP contribution in [0.3, 0.4) is 0 Å². The van der Waals surface area contributed by atoms with Crippen LogP contribution in [0.25, 0.3) is 5.65 Å². The van der Waals surface area contributed by atoms with Crippen molar-refractivity contribution >= 4 is 11.6 Å². The molecule has 5 nitrogen and oxygen atoms in total. The Morgan fingerprint density at radius 3 is 2.85 bits per heavy atom. The van der Waals surface area contributed by atoms with Crippen molar-refractivity contribution in [1.29, 1.82) is 0 Å². The molecule has 3 rings (SSSR count). The Morgan fingerprint density at radius 1 is 1.50 bits per heavy atom. The molecule has 0 unspecified atom stereocenters. The molecule has 1 fully saturated rings. The molecule has 0 radical (unpaired) electrons. The Hall–Kier alpha value is -2.18. The quantitative estimate of drug-likeness (QED) is 0.915. The van der Waals surface area contributed by atoms with E-state index >= 15 is 0 Å². The third kappa shape index (κ3) is 2.43. The lowest BCUT2D eigenvalue weighted by Gasteiger charge is -2.07. The Balaban J connectivity index is 2.05. The van der Waals surface area contributed by atoms with Crippen molar-refractivity contribution in [3.63, 3.8) is 0 Å². The average Bonchev–Trinajstić information content (AvgIpc) is 3.15. The second-order valence-electron chi connectivity index (χ2n) is 4.77. The van der Waals surface area contributed by atoms with E-state index in [1.165, 1.54) is 16.7 Å². The summed E-state index contributed by atoms with van der Waals surface area (Å²) in [7, 11) is 0. The number of ether oxygens (including phenoxy) is 1. The van der Waals surface area contributed by atoms with Crippen LogP contribution in [0.2, 0.25) is 0 Å². The SMILES string of the molecule is O=C(O)c1cc(OCC(F)F)c2nc(C3CC3)cn2c1. The van der Waals surface area contributed by atoms with Crippen molar-refractivity contribution in [2.24, 2.45) is 0 Å². The van der Waals surface area contributed by atoms with Crippen LogP contribution in [0.4, 0.5) is 8.78 Å². The van der Waals surface area contributed by atoms with Crippen LogP contribution in [0.1, 0.15) is 34.8 Å². The molecule has 0 atom stereocenters. The lowest BCUT2D eigenvalue weighted by atomic mass is 10.3. The van der Waals surface area contributed by atoms with Crippen molar-refractivity contribution in [3.05, 3.63) is 29.7 Å². The number of hydrogen-bond acceptors (Lipinski definition) is 3. The van der Waals surface area contributed by atoms with Gasteiger partial charge in [-0.25, -0.2) is 18.6 Å². The van der Waals surface area contributed by atoms with E-state index in [1.54, 1.807) is 6.20 Å². The summed E-state index contributed by atoms with van der Waals surface area (Å²) in [4.78, 5) is 15.4. The zero-order chi connectivity index (χ0) is 14.3. The molecule has 1 saturated carbocycles. The minimum absolute atomic E-state index is 0.0264. The largest absolute Gasteiger partial charge is 0.484 e. The summed E-state index contributed by atoms with van der Waals surface area (Å²) in [5.74, 6) is -0.696. The molecule has 1 aliphatic carbocycles. The molecule has 0 spiro atoms. The predicted molar refractivity (Wildman–Crippen MR) is 65.6 cm³/mol. The standard InChI is InChI=1S/C13H12F2N2O3/c14-11(15)6-20-10-3-8(13(18)19)4-17-5-9(7-1-2-7)16-12(10)17/h3-5,7,11H,1-2,6H2,(H,18,19). The first kappa shape index (κ1) is 12.8. The number of aromatic nitrogens is 2. The Kier molecular flexibility index (Phi) is 3.04. The Bertz CT molecular complexity index is 665. The number of aromatic carboxylic acids is 1. The van der Waals surface area contributed by atoms with Crippen LogP contribution in [-0.4, -0.2) is 33.5 Å². The van der Waals surface area contributed by atoms with E-state index in [-0.39, 0.29) is 11.3 Å². The second-order valence-corrected chi connectivity index (χ2v) is 4.77. The van der Waals surface area contributed by atoms with E-state index in [4.69, 9.17) is 9.84 Å². The van der Waals surface area contributed by atoms with Gasteiger partial charge in [-0.2, -0.15) is 0 Å². The van der Waals surface area contributed by atoms with E-state index < -0.39 is 19.0 Å². The van der Waals surface area contributed by atoms with Gasteiger partial charge in [0.1, 0.15) is 6.61 Å². The van der Waals surface area contributed by atoms with Crippen molar-refractivity contribution in [1.82, 2.24) is 9.38 Å². The van der Waals surface area contributed by atoms with Crippen molar-refractivity contribution in [2.75, 3.05) is 6.61 Å². The average molecular weight is 282 g/mol. The summed E-state index contributed by atoms with van der Waals surface area (Å²) in [6.45, 7) is -0.787. The lowest BCUT2D eigenvalue weighted by molar-refractivity contribution is 0.0694. The molecule has 0 aromatic carbocycles. The number of hydrogen-bond donors (Lipinski definition) is 1. The van der Waals surface area contributed by atoms with E-state index in [0.717, 1.165) is 18.5 Å². The summed E-state index contributed by atoms with van der Waals surface area (Å²) in [6, 6.07) is 1.23. The summed E-state index contributed by atoms with van der Waals surface area (Å²) in [6.07, 6.45) is 2.60. The van der Waals surface area contributed by atoms with Gasteiger partial charge in [0.05, 0.1) is 11.3 Å². The highest BCUT2D eigenvalue weighted by Crippen LogP contribution is 2.40. The Morgan fingerprint density at radius 2 is 2.25 bits per heavy atom. The molecule has 2 heterocycles. The summed E-state index contributed by atoms with van der Waals surface area (Å²) < 4.78 is 31.0. The smallest absolute Gasteiger partial charge is 0.337 e. The third-order valence-corrected chi connectivity index (χ3v) is 3.14. The number of imidazole rings is 1. The maximum absolute atomic E-state index is 12.3. The molecule has 1 N–H and O–H groups in total. The van der Waals surface area contributed by atoms with Crippen LogP contribution < -0.4 is 4.74 Å². The minimum Gasteiger partial charge on any atom is -0.484 e. The molecule has 7 heteroatoms. The number of carbonyl (C=O) groups is 1. The normalized spacial score (nSPS) is 14.9. The number of carboxylic acid groups (broad SMARTS) is 1. The van der Waals surface area contributed by atoms with E-state index in [9.17, 15) is 13.6 Å². The van der Waals surface area contributed by atoms with Crippen molar-refractivity contribution in [2.45, 2.75) is 25.2 Å². The van der Waals surface area contributed by atoms with Crippen LogP contribution >= 0.6 is 0 Å². The van der Waals surface area contributed by atoms with Crippen molar-refractivity contribution < 1.29 is 23.4 Å². The summed E-state index contributed by atoms with van der Waals surface area (Å²) in [5.41, 5.74) is 1.19. The lowest BCUT2D eigenvalue weighted by Crippen LogP contribution is -2.09. The first-order valence-corrected chi connectivity index (χ1v) is 6.21. The van der Waals surface area contributed by atoms with Gasteiger partial charge in [-0.3, -0.25) is 0 Å². The van der Waals surface area contributed by atoms with Gasteiger partial charge in [-0.15, -0.1) is 0 Å². The van der Waals surface area contributed by atoms with Gasteiger partial charge in [0.2, 0.25) is 0 Å². The van der Waals surface area contributed by atoms with E-state index in [1.807, 2.05) is 0 Å². The van der Waals surface area contributed by atoms with Crippen LogP contribution in [0.5, 0.6) is 5.75 Å². The minimum atomic E-state index is -2.62. The maximum atomic E-state index is 12.3. The fourth-order valence-electron chi connectivity index (χ4n) is 2.04. The van der Waals surface area contributed by atoms with Gasteiger partial charge >= 0.3 is 5.97 Å². The van der Waals surface area contributed by atoms with E-state index in [2.05, 4.69) is 4.98 Å². The number of alkyl halides is 2. The number of pyridine rings is 1. The third-order valence-electron chi connectivity index (χ3n) is 3.14. The maximum Gasteiger partial charge on any atom is 0.337 e. The van der Waals surface area contributed by atoms with Crippen molar-refractivity contribution in [3.8, 4) is 5.75 Å². The number of fused-ring (bicyclic) bond motifs is 1. The van der Waals surface area contributed by atoms with Crippen LogP contribution in [0, 0.1) is 0 Å². The van der Waals surface area contributed by atoms with E-state index in [0.29, 0.717) is 11.6 Å². The zero-order valence-corrected chi connectivity index (χ0v) is 10.4. The first-order chi connectivity index (χ1) is 9.54. The summed E-state index contributed by atoms with van der Waals surface area (Å²) in [5, 5.41) is 9.04. The second kappa shape index (κ2) is 4.73. The first-order valence-electron chi connectivity index (χ1n) is 6.21. The Labute approximate surface area is 112 Å². The molecule has 106 valence electrons. The zero-order valence-electron chi connectivity index (χ0n) is 10.4. The monoisotopic (exact) mass is 282 g/mol. The molecule has 1 aliphatic rings. The number of carboxylic acids is 1. The molecule has 2 aromatic heterocycles. The fourth-order valence-corrected chi connectivity index (χ4v) is 2.04. The van der Waals surface area contributed by atoms with Gasteiger partial charge in [0.15, 0.2) is 11.4 Å². The molecule has 20 heavy (non-hydrogen) atoms. The topological polar surface area (TPSA) is 63.8 Å². The van der Waals surface area contributed by atoms with Gasteiger partial charge < -0.3 is 14.2 Å².